The molecule has 6 heteroatoms. The molecule has 1 unspecified atom stereocenters. The first-order valence-corrected chi connectivity index (χ1v) is 7.90. The zero-order valence-corrected chi connectivity index (χ0v) is 13.1. The van der Waals surface area contributed by atoms with Crippen LogP contribution in [-0.4, -0.2) is 22.8 Å². The molecular formula is C17H21N3O3. The molecular weight excluding hydrogens is 294 g/mol. The summed E-state index contributed by atoms with van der Waals surface area (Å²) in [6, 6.07) is 11.1. The van der Waals surface area contributed by atoms with Gasteiger partial charge in [0.15, 0.2) is 0 Å². The number of H-pyrrole nitrogens is 1. The van der Waals surface area contributed by atoms with Crippen LogP contribution in [-0.2, 0) is 4.74 Å². The Bertz CT molecular complexity index is 729. The van der Waals surface area contributed by atoms with Crippen LogP contribution in [0.25, 0.3) is 0 Å². The monoisotopic (exact) mass is 315 g/mol. The zero-order chi connectivity index (χ0) is 16.2. The number of nitrogens with zero attached hydrogens (tertiary/aromatic N) is 1. The first kappa shape index (κ1) is 15.6. The molecule has 0 spiro atoms. The normalized spacial score (nSPS) is 19.3. The molecule has 2 N–H and O–H groups in total. The molecule has 6 nitrogen and oxygen atoms in total. The second kappa shape index (κ2) is 6.83. The summed E-state index contributed by atoms with van der Waals surface area (Å²) in [5.41, 5.74) is 0.390. The summed E-state index contributed by atoms with van der Waals surface area (Å²) < 4.78 is 6.63. The molecule has 1 fully saturated rings. The number of hydrogen-bond acceptors (Lipinski definition) is 4. The first-order chi connectivity index (χ1) is 11.1. The Morgan fingerprint density at radius 1 is 1.30 bits per heavy atom. The summed E-state index contributed by atoms with van der Waals surface area (Å²) in [5, 5.41) is 3.17. The molecule has 0 bridgehead atoms. The summed E-state index contributed by atoms with van der Waals surface area (Å²) in [5.74, 6) is 0.435. The van der Waals surface area contributed by atoms with E-state index in [4.69, 9.17) is 4.74 Å². The van der Waals surface area contributed by atoms with E-state index < -0.39 is 5.69 Å². The lowest BCUT2D eigenvalue weighted by Crippen LogP contribution is -2.41. The highest BCUT2D eigenvalue weighted by atomic mass is 16.5. The number of ether oxygens (including phenoxy) is 1. The summed E-state index contributed by atoms with van der Waals surface area (Å²) in [4.78, 5) is 27.4. The van der Waals surface area contributed by atoms with Crippen LogP contribution >= 0.6 is 0 Å². The largest absolute Gasteiger partial charge is 0.379 e. The van der Waals surface area contributed by atoms with Crippen molar-refractivity contribution in [2.24, 2.45) is 0 Å². The smallest absolute Gasteiger partial charge is 0.330 e. The van der Waals surface area contributed by atoms with Gasteiger partial charge in [0, 0.05) is 18.7 Å². The second-order valence-corrected chi connectivity index (χ2v) is 5.84. The fourth-order valence-corrected chi connectivity index (χ4v) is 2.91. The minimum atomic E-state index is -0.393. The Labute approximate surface area is 134 Å². The highest BCUT2D eigenvalue weighted by Crippen LogP contribution is 2.18. The Morgan fingerprint density at radius 2 is 2.09 bits per heavy atom. The average molecular weight is 315 g/mol. The van der Waals surface area contributed by atoms with Gasteiger partial charge in [-0.1, -0.05) is 30.3 Å². The van der Waals surface area contributed by atoms with Gasteiger partial charge in [-0.2, -0.15) is 0 Å². The Kier molecular flexibility index (Phi) is 4.62. The average Bonchev–Trinajstić information content (AvgIpc) is 2.56. The van der Waals surface area contributed by atoms with Crippen molar-refractivity contribution in [2.45, 2.75) is 31.8 Å². The van der Waals surface area contributed by atoms with Gasteiger partial charge in [-0.25, -0.2) is 4.79 Å². The Balaban J connectivity index is 1.82. The third-order valence-corrected chi connectivity index (χ3v) is 4.14. The van der Waals surface area contributed by atoms with E-state index >= 15 is 0 Å². The van der Waals surface area contributed by atoms with Crippen LogP contribution in [0.5, 0.6) is 0 Å². The number of nitrogens with one attached hydrogen (secondary N) is 2. The van der Waals surface area contributed by atoms with Gasteiger partial charge in [-0.15, -0.1) is 0 Å². The Hall–Kier alpha value is -2.34. The number of aromatic nitrogens is 2. The van der Waals surface area contributed by atoms with E-state index in [0.717, 1.165) is 18.4 Å². The van der Waals surface area contributed by atoms with Crippen LogP contribution in [0.1, 0.15) is 37.4 Å². The van der Waals surface area contributed by atoms with Crippen molar-refractivity contribution in [3.8, 4) is 0 Å². The van der Waals surface area contributed by atoms with Gasteiger partial charge >= 0.3 is 5.69 Å². The molecule has 0 aliphatic carbocycles. The molecule has 3 rings (SSSR count). The lowest BCUT2D eigenvalue weighted by atomic mass is 10.1. The van der Waals surface area contributed by atoms with Crippen LogP contribution in [0.4, 0.5) is 5.82 Å². The van der Waals surface area contributed by atoms with Crippen molar-refractivity contribution in [1.82, 2.24) is 9.55 Å². The van der Waals surface area contributed by atoms with E-state index in [2.05, 4.69) is 10.3 Å². The van der Waals surface area contributed by atoms with E-state index in [0.29, 0.717) is 19.0 Å². The van der Waals surface area contributed by atoms with Crippen molar-refractivity contribution in [2.75, 3.05) is 18.5 Å². The molecule has 1 aromatic heterocycles. The van der Waals surface area contributed by atoms with E-state index in [1.807, 2.05) is 37.3 Å². The molecule has 0 amide bonds. The third kappa shape index (κ3) is 3.53. The first-order valence-electron chi connectivity index (χ1n) is 7.90. The van der Waals surface area contributed by atoms with Crippen molar-refractivity contribution in [3.63, 3.8) is 0 Å². The van der Waals surface area contributed by atoms with Crippen LogP contribution in [0.3, 0.4) is 0 Å². The van der Waals surface area contributed by atoms with Gasteiger partial charge < -0.3 is 10.1 Å². The predicted molar refractivity (Wildman–Crippen MR) is 88.9 cm³/mol. The van der Waals surface area contributed by atoms with Gasteiger partial charge in [0.05, 0.1) is 12.6 Å². The standard InChI is InChI=1S/C17H21N3O3/c1-12(13-6-3-2-4-7-13)18-15-10-16(21)20(17(22)19-15)14-8-5-9-23-11-14/h2-4,6-7,10,12,14,18H,5,8-9,11H2,1H3,(H,19,22)/t12-,14?/m0/s1. The van der Waals surface area contributed by atoms with Crippen molar-refractivity contribution < 1.29 is 4.74 Å². The van der Waals surface area contributed by atoms with E-state index in [1.54, 1.807) is 0 Å². The topological polar surface area (TPSA) is 76.1 Å². The molecule has 0 saturated carbocycles. The highest BCUT2D eigenvalue weighted by molar-refractivity contribution is 5.36. The highest BCUT2D eigenvalue weighted by Gasteiger charge is 2.19. The molecule has 2 atom stereocenters. The van der Waals surface area contributed by atoms with E-state index in [1.165, 1.54) is 10.6 Å². The maximum absolute atomic E-state index is 12.3. The third-order valence-electron chi connectivity index (χ3n) is 4.14. The molecule has 2 heterocycles. The maximum Gasteiger partial charge on any atom is 0.330 e. The minimum absolute atomic E-state index is 0.0138. The number of aromatic amines is 1. The van der Waals surface area contributed by atoms with Gasteiger partial charge in [-0.3, -0.25) is 14.3 Å². The molecule has 23 heavy (non-hydrogen) atoms. The second-order valence-electron chi connectivity index (χ2n) is 5.84. The SMILES string of the molecule is C[C@H](Nc1cc(=O)n(C2CCCOC2)c(=O)[nH]1)c1ccccc1. The number of hydrogen-bond donors (Lipinski definition) is 2. The molecule has 1 aliphatic rings. The molecule has 1 saturated heterocycles. The number of anilines is 1. The summed E-state index contributed by atoms with van der Waals surface area (Å²) in [6.07, 6.45) is 1.65. The Morgan fingerprint density at radius 3 is 2.74 bits per heavy atom. The number of rotatable bonds is 4. The maximum atomic E-state index is 12.3. The van der Waals surface area contributed by atoms with Gasteiger partial charge in [0.25, 0.3) is 5.56 Å². The van der Waals surface area contributed by atoms with Gasteiger partial charge in [-0.05, 0) is 25.3 Å². The van der Waals surface area contributed by atoms with Gasteiger partial charge in [0.1, 0.15) is 5.82 Å². The van der Waals surface area contributed by atoms with Crippen LogP contribution in [0, 0.1) is 0 Å². The van der Waals surface area contributed by atoms with Crippen molar-refractivity contribution in [1.29, 1.82) is 0 Å². The molecule has 2 aromatic rings. The van der Waals surface area contributed by atoms with Crippen molar-refractivity contribution >= 4 is 5.82 Å². The van der Waals surface area contributed by atoms with Crippen molar-refractivity contribution in [3.05, 3.63) is 62.8 Å². The molecule has 0 radical (unpaired) electrons. The zero-order valence-electron chi connectivity index (χ0n) is 13.1. The van der Waals surface area contributed by atoms with Crippen LogP contribution in [0.15, 0.2) is 46.0 Å². The summed E-state index contributed by atoms with van der Waals surface area (Å²) >= 11 is 0. The lowest BCUT2D eigenvalue weighted by Gasteiger charge is -2.23. The lowest BCUT2D eigenvalue weighted by molar-refractivity contribution is 0.0564. The van der Waals surface area contributed by atoms with E-state index in [-0.39, 0.29) is 17.6 Å². The molecule has 1 aromatic carbocycles. The number of benzene rings is 1. The fraction of sp³-hybridized carbons (Fsp3) is 0.412. The quantitative estimate of drug-likeness (QED) is 0.905. The summed E-state index contributed by atoms with van der Waals surface area (Å²) in [6.45, 7) is 3.09. The predicted octanol–water partition coefficient (Wildman–Crippen LogP) is 2.06. The fourth-order valence-electron chi connectivity index (χ4n) is 2.91. The molecule has 122 valence electrons. The minimum Gasteiger partial charge on any atom is -0.379 e. The molecule has 1 aliphatic heterocycles. The van der Waals surface area contributed by atoms with Crippen LogP contribution < -0.4 is 16.6 Å². The summed E-state index contributed by atoms with van der Waals surface area (Å²) in [7, 11) is 0. The van der Waals surface area contributed by atoms with Crippen LogP contribution in [0.2, 0.25) is 0 Å². The van der Waals surface area contributed by atoms with E-state index in [9.17, 15) is 9.59 Å². The van der Waals surface area contributed by atoms with Gasteiger partial charge in [0.2, 0.25) is 0 Å².